The highest BCUT2D eigenvalue weighted by Gasteiger charge is 2.21. The molecule has 11 heavy (non-hydrogen) atoms. The fourth-order valence-electron chi connectivity index (χ4n) is 1.67. The highest BCUT2D eigenvalue weighted by molar-refractivity contribution is 6.38. The van der Waals surface area contributed by atoms with Gasteiger partial charge in [0.15, 0.2) is 5.78 Å². The molecule has 0 amide bonds. The van der Waals surface area contributed by atoms with E-state index >= 15 is 0 Å². The quantitative estimate of drug-likeness (QED) is 0.607. The van der Waals surface area contributed by atoms with Crippen LogP contribution in [-0.2, 0) is 4.79 Å². The summed E-state index contributed by atoms with van der Waals surface area (Å²) in [5.74, 6) is 0.256. The van der Waals surface area contributed by atoms with Crippen molar-refractivity contribution in [1.29, 1.82) is 5.41 Å². The highest BCUT2D eigenvalue weighted by Crippen LogP contribution is 2.24. The minimum Gasteiger partial charge on any atom is -0.302 e. The average molecular weight is 153 g/mol. The molecule has 1 rings (SSSR count). The predicted octanol–water partition coefficient (Wildman–Crippen LogP) is 2.18. The number of hydrogen-bond acceptors (Lipinski definition) is 2. The third-order valence-electron chi connectivity index (χ3n) is 2.35. The molecule has 0 unspecified atom stereocenters. The second kappa shape index (κ2) is 3.65. The Balaban J connectivity index is 2.45. The number of rotatable bonds is 2. The lowest BCUT2D eigenvalue weighted by Crippen LogP contribution is -2.22. The standard InChI is InChI=1S/C9H15NO/c1-7(10)9(11)8-5-3-2-4-6-8/h8,10H,2-6H2,1H3. The van der Waals surface area contributed by atoms with E-state index < -0.39 is 0 Å². The third kappa shape index (κ3) is 2.14. The normalized spacial score (nSPS) is 19.7. The summed E-state index contributed by atoms with van der Waals surface area (Å²) in [6, 6.07) is 0. The fourth-order valence-corrected chi connectivity index (χ4v) is 1.67. The van der Waals surface area contributed by atoms with Crippen molar-refractivity contribution in [3.05, 3.63) is 0 Å². The largest absolute Gasteiger partial charge is 0.302 e. The smallest absolute Gasteiger partial charge is 0.179 e. The fraction of sp³-hybridized carbons (Fsp3) is 0.778. The van der Waals surface area contributed by atoms with Gasteiger partial charge in [-0.1, -0.05) is 19.3 Å². The van der Waals surface area contributed by atoms with Crippen molar-refractivity contribution in [3.63, 3.8) is 0 Å². The summed E-state index contributed by atoms with van der Waals surface area (Å²) in [7, 11) is 0. The first-order valence-corrected chi connectivity index (χ1v) is 4.31. The predicted molar refractivity (Wildman–Crippen MR) is 45.0 cm³/mol. The number of ketones is 1. The molecule has 0 aliphatic heterocycles. The molecular weight excluding hydrogens is 138 g/mol. The minimum absolute atomic E-state index is 0.0738. The monoisotopic (exact) mass is 153 g/mol. The molecule has 0 aromatic heterocycles. The average Bonchev–Trinajstić information content (AvgIpc) is 2.05. The van der Waals surface area contributed by atoms with Crippen molar-refractivity contribution in [2.24, 2.45) is 5.92 Å². The Hall–Kier alpha value is -0.660. The van der Waals surface area contributed by atoms with Gasteiger partial charge >= 0.3 is 0 Å². The van der Waals surface area contributed by atoms with Crippen LogP contribution in [0.3, 0.4) is 0 Å². The summed E-state index contributed by atoms with van der Waals surface area (Å²) in [5.41, 5.74) is 0.233. The van der Waals surface area contributed by atoms with Gasteiger partial charge in [-0.15, -0.1) is 0 Å². The number of carbonyl (C=O) groups is 1. The molecule has 0 bridgehead atoms. The molecule has 1 N–H and O–H groups in total. The van der Waals surface area contributed by atoms with Gasteiger partial charge in [0.25, 0.3) is 0 Å². The van der Waals surface area contributed by atoms with E-state index in [1.54, 1.807) is 6.92 Å². The zero-order valence-electron chi connectivity index (χ0n) is 7.02. The second-order valence-corrected chi connectivity index (χ2v) is 3.32. The zero-order chi connectivity index (χ0) is 8.27. The van der Waals surface area contributed by atoms with E-state index in [1.807, 2.05) is 0 Å². The van der Waals surface area contributed by atoms with Crippen LogP contribution in [-0.4, -0.2) is 11.5 Å². The van der Waals surface area contributed by atoms with E-state index in [9.17, 15) is 4.79 Å². The molecule has 62 valence electrons. The molecule has 0 spiro atoms. The molecular formula is C9H15NO. The van der Waals surface area contributed by atoms with Crippen LogP contribution < -0.4 is 0 Å². The van der Waals surface area contributed by atoms with Gasteiger partial charge < -0.3 is 5.41 Å². The molecule has 1 fully saturated rings. The maximum absolute atomic E-state index is 11.3. The lowest BCUT2D eigenvalue weighted by atomic mass is 9.85. The molecule has 0 aromatic carbocycles. The zero-order valence-corrected chi connectivity index (χ0v) is 7.02. The Labute approximate surface area is 67.5 Å². The first-order valence-electron chi connectivity index (χ1n) is 4.31. The lowest BCUT2D eigenvalue weighted by Gasteiger charge is -2.19. The van der Waals surface area contributed by atoms with Crippen LogP contribution >= 0.6 is 0 Å². The van der Waals surface area contributed by atoms with Gasteiger partial charge in [0.2, 0.25) is 0 Å². The van der Waals surface area contributed by atoms with Gasteiger partial charge in [-0.3, -0.25) is 4.79 Å². The Bertz CT molecular complexity index is 168. The molecule has 0 atom stereocenters. The second-order valence-electron chi connectivity index (χ2n) is 3.32. The van der Waals surface area contributed by atoms with Crippen LogP contribution in [0.2, 0.25) is 0 Å². The van der Waals surface area contributed by atoms with Gasteiger partial charge in [0.05, 0.1) is 5.71 Å². The van der Waals surface area contributed by atoms with E-state index in [4.69, 9.17) is 5.41 Å². The van der Waals surface area contributed by atoms with E-state index in [2.05, 4.69) is 0 Å². The molecule has 1 saturated carbocycles. The first-order chi connectivity index (χ1) is 5.22. The molecule has 0 saturated heterocycles. The van der Waals surface area contributed by atoms with Crippen molar-refractivity contribution in [1.82, 2.24) is 0 Å². The summed E-state index contributed by atoms with van der Waals surface area (Å²) < 4.78 is 0. The molecule has 2 heteroatoms. The number of hydrogen-bond donors (Lipinski definition) is 1. The van der Waals surface area contributed by atoms with E-state index in [-0.39, 0.29) is 17.4 Å². The third-order valence-corrected chi connectivity index (χ3v) is 2.35. The maximum atomic E-state index is 11.3. The van der Waals surface area contributed by atoms with Crippen LogP contribution in [0.4, 0.5) is 0 Å². The Kier molecular flexibility index (Phi) is 2.80. The summed E-state index contributed by atoms with van der Waals surface area (Å²) in [5, 5.41) is 7.19. The van der Waals surface area contributed by atoms with Gasteiger partial charge in [-0.05, 0) is 19.8 Å². The van der Waals surface area contributed by atoms with Gasteiger partial charge in [0.1, 0.15) is 0 Å². The van der Waals surface area contributed by atoms with Crippen molar-refractivity contribution in [2.45, 2.75) is 39.0 Å². The summed E-state index contributed by atoms with van der Waals surface area (Å²) >= 11 is 0. The van der Waals surface area contributed by atoms with Gasteiger partial charge in [0, 0.05) is 5.92 Å². The van der Waals surface area contributed by atoms with Crippen LogP contribution in [0.5, 0.6) is 0 Å². The number of carbonyl (C=O) groups excluding carboxylic acids is 1. The number of nitrogens with one attached hydrogen (secondary N) is 1. The summed E-state index contributed by atoms with van der Waals surface area (Å²) in [6.07, 6.45) is 5.62. The van der Waals surface area contributed by atoms with E-state index in [0.717, 1.165) is 12.8 Å². The molecule has 0 radical (unpaired) electrons. The lowest BCUT2D eigenvalue weighted by molar-refractivity contribution is -0.117. The number of Topliss-reactive ketones (excluding diaryl/α,β-unsaturated/α-hetero) is 1. The first kappa shape index (κ1) is 8.44. The molecule has 1 aliphatic carbocycles. The Morgan fingerprint density at radius 1 is 1.27 bits per heavy atom. The summed E-state index contributed by atoms with van der Waals surface area (Å²) in [6.45, 7) is 1.59. The van der Waals surface area contributed by atoms with E-state index in [1.165, 1.54) is 19.3 Å². The van der Waals surface area contributed by atoms with Crippen molar-refractivity contribution < 1.29 is 4.79 Å². The van der Waals surface area contributed by atoms with Crippen molar-refractivity contribution in [3.8, 4) is 0 Å². The topological polar surface area (TPSA) is 40.9 Å². The van der Waals surface area contributed by atoms with Crippen LogP contribution in [0.25, 0.3) is 0 Å². The SMILES string of the molecule is CC(=N)C(=O)C1CCCCC1. The van der Waals surface area contributed by atoms with Gasteiger partial charge in [-0.25, -0.2) is 0 Å². The highest BCUT2D eigenvalue weighted by atomic mass is 16.1. The molecule has 0 aromatic rings. The van der Waals surface area contributed by atoms with Crippen LogP contribution in [0.15, 0.2) is 0 Å². The molecule has 2 nitrogen and oxygen atoms in total. The Morgan fingerprint density at radius 3 is 2.27 bits per heavy atom. The molecule has 0 heterocycles. The Morgan fingerprint density at radius 2 is 1.82 bits per heavy atom. The minimum atomic E-state index is 0.0738. The van der Waals surface area contributed by atoms with Crippen LogP contribution in [0.1, 0.15) is 39.0 Å². The summed E-state index contributed by atoms with van der Waals surface area (Å²) in [4.78, 5) is 11.3. The van der Waals surface area contributed by atoms with Crippen molar-refractivity contribution >= 4 is 11.5 Å². The van der Waals surface area contributed by atoms with E-state index in [0.29, 0.717) is 0 Å². The van der Waals surface area contributed by atoms with Gasteiger partial charge in [-0.2, -0.15) is 0 Å². The van der Waals surface area contributed by atoms with Crippen LogP contribution in [0, 0.1) is 11.3 Å². The van der Waals surface area contributed by atoms with Crippen molar-refractivity contribution in [2.75, 3.05) is 0 Å². The maximum Gasteiger partial charge on any atom is 0.179 e. The molecule has 1 aliphatic rings.